The Labute approximate surface area is 94.4 Å². The number of rotatable bonds is 3. The summed E-state index contributed by atoms with van der Waals surface area (Å²) in [6, 6.07) is 9.64. The van der Waals surface area contributed by atoms with Crippen molar-refractivity contribution in [2.24, 2.45) is 0 Å². The number of hydrogen-bond acceptors (Lipinski definition) is 3. The number of hydrogen-bond donors (Lipinski definition) is 1. The van der Waals surface area contributed by atoms with Gasteiger partial charge < -0.3 is 10.1 Å². The van der Waals surface area contributed by atoms with Crippen LogP contribution in [0.2, 0.25) is 0 Å². The van der Waals surface area contributed by atoms with E-state index in [0.717, 1.165) is 5.56 Å². The van der Waals surface area contributed by atoms with Gasteiger partial charge in [0.1, 0.15) is 6.61 Å². The topological polar surface area (TPSA) is 38.3 Å². The Balaban J connectivity index is 1.89. The average Bonchev–Trinajstić information content (AvgIpc) is 2.38. The molecule has 1 N–H and O–H groups in total. The molecule has 0 aromatic heterocycles. The van der Waals surface area contributed by atoms with Gasteiger partial charge in [0, 0.05) is 6.54 Å². The van der Waals surface area contributed by atoms with Crippen molar-refractivity contribution in [2.75, 3.05) is 6.54 Å². The molecular weight excluding hydrogens is 202 g/mol. The molecule has 16 heavy (non-hydrogen) atoms. The highest BCUT2D eigenvalue weighted by Gasteiger charge is 2.11. The third kappa shape index (κ3) is 2.73. The lowest BCUT2D eigenvalue weighted by Crippen LogP contribution is -2.20. The predicted molar refractivity (Wildman–Crippen MR) is 61.5 cm³/mol. The summed E-state index contributed by atoms with van der Waals surface area (Å²) in [5.41, 5.74) is 1.65. The van der Waals surface area contributed by atoms with Gasteiger partial charge in [0.15, 0.2) is 0 Å². The van der Waals surface area contributed by atoms with E-state index in [4.69, 9.17) is 4.74 Å². The number of ether oxygens (including phenoxy) is 1. The van der Waals surface area contributed by atoms with Gasteiger partial charge in [-0.2, -0.15) is 0 Å². The molecule has 0 fully saturated rings. The highest BCUT2D eigenvalue weighted by Crippen LogP contribution is 2.05. The number of esters is 1. The predicted octanol–water partition coefficient (Wildman–Crippen LogP) is 1.77. The number of allylic oxidation sites excluding steroid dienone is 2. The van der Waals surface area contributed by atoms with Crippen molar-refractivity contribution in [1.82, 2.24) is 5.32 Å². The van der Waals surface area contributed by atoms with Crippen LogP contribution in [0.1, 0.15) is 5.56 Å². The third-order valence-corrected chi connectivity index (χ3v) is 2.28. The van der Waals surface area contributed by atoms with Gasteiger partial charge >= 0.3 is 5.97 Å². The fraction of sp³-hybridized carbons (Fsp3) is 0.154. The Bertz CT molecular complexity index is 421. The fourth-order valence-electron chi connectivity index (χ4n) is 1.42. The zero-order valence-electron chi connectivity index (χ0n) is 8.85. The maximum Gasteiger partial charge on any atom is 0.336 e. The number of carbonyl (C=O) groups is 1. The molecule has 1 aliphatic heterocycles. The van der Waals surface area contributed by atoms with Crippen LogP contribution >= 0.6 is 0 Å². The Morgan fingerprint density at radius 3 is 2.81 bits per heavy atom. The van der Waals surface area contributed by atoms with E-state index >= 15 is 0 Å². The molecule has 1 aliphatic rings. The Morgan fingerprint density at radius 2 is 2.12 bits per heavy atom. The van der Waals surface area contributed by atoms with Crippen LogP contribution in [0.25, 0.3) is 0 Å². The Morgan fingerprint density at radius 1 is 1.31 bits per heavy atom. The highest BCUT2D eigenvalue weighted by atomic mass is 16.5. The lowest BCUT2D eigenvalue weighted by atomic mass is 10.2. The molecule has 3 heteroatoms. The summed E-state index contributed by atoms with van der Waals surface area (Å²) in [5.74, 6) is -0.263. The molecule has 0 atom stereocenters. The summed E-state index contributed by atoms with van der Waals surface area (Å²) in [4.78, 5) is 11.6. The van der Waals surface area contributed by atoms with Crippen LogP contribution in [0.3, 0.4) is 0 Å². The molecule has 0 spiro atoms. The molecule has 2 rings (SSSR count). The first-order valence-electron chi connectivity index (χ1n) is 5.16. The van der Waals surface area contributed by atoms with E-state index < -0.39 is 0 Å². The van der Waals surface area contributed by atoms with Crippen molar-refractivity contribution < 1.29 is 9.53 Å². The van der Waals surface area contributed by atoms with Gasteiger partial charge in [0.05, 0.1) is 5.57 Å². The molecule has 0 saturated heterocycles. The van der Waals surface area contributed by atoms with Crippen molar-refractivity contribution in [1.29, 1.82) is 0 Å². The minimum atomic E-state index is -0.263. The van der Waals surface area contributed by atoms with Gasteiger partial charge in [-0.05, 0) is 23.9 Å². The number of nitrogens with one attached hydrogen (secondary N) is 1. The Hall–Kier alpha value is -2.03. The van der Waals surface area contributed by atoms with E-state index in [-0.39, 0.29) is 5.97 Å². The molecule has 0 unspecified atom stereocenters. The van der Waals surface area contributed by atoms with Crippen LogP contribution in [0, 0.1) is 0 Å². The minimum Gasteiger partial charge on any atom is -0.457 e. The molecule has 0 bridgehead atoms. The summed E-state index contributed by atoms with van der Waals surface area (Å²) in [7, 11) is 0. The van der Waals surface area contributed by atoms with Crippen LogP contribution in [0.5, 0.6) is 0 Å². The van der Waals surface area contributed by atoms with E-state index in [2.05, 4.69) is 5.32 Å². The normalized spacial score (nSPS) is 13.9. The summed E-state index contributed by atoms with van der Waals surface area (Å²) in [6.45, 7) is 0.852. The second-order valence-corrected chi connectivity index (χ2v) is 3.49. The van der Waals surface area contributed by atoms with Gasteiger partial charge in [0.2, 0.25) is 0 Å². The van der Waals surface area contributed by atoms with Crippen molar-refractivity contribution in [3.05, 3.63) is 59.8 Å². The van der Waals surface area contributed by atoms with E-state index in [1.54, 1.807) is 18.4 Å². The first-order chi connectivity index (χ1) is 7.86. The van der Waals surface area contributed by atoms with E-state index in [1.165, 1.54) is 0 Å². The van der Waals surface area contributed by atoms with E-state index in [1.807, 2.05) is 30.3 Å². The second-order valence-electron chi connectivity index (χ2n) is 3.49. The standard InChI is InChI=1S/C13H13NO2/c15-13(12-7-4-8-14-9-12)16-10-11-5-2-1-3-6-11/h1-8,14H,9-10H2. The van der Waals surface area contributed by atoms with Gasteiger partial charge in [-0.15, -0.1) is 0 Å². The first-order valence-corrected chi connectivity index (χ1v) is 5.16. The molecule has 1 aromatic carbocycles. The summed E-state index contributed by atoms with van der Waals surface area (Å²) in [5, 5.41) is 2.96. The van der Waals surface area contributed by atoms with E-state index in [9.17, 15) is 4.79 Å². The molecule has 1 heterocycles. The van der Waals surface area contributed by atoms with Crippen LogP contribution in [-0.2, 0) is 16.1 Å². The van der Waals surface area contributed by atoms with Crippen molar-refractivity contribution in [3.63, 3.8) is 0 Å². The maximum atomic E-state index is 11.6. The van der Waals surface area contributed by atoms with Crippen LogP contribution in [0.4, 0.5) is 0 Å². The first kappa shape index (κ1) is 10.5. The molecule has 3 nitrogen and oxygen atoms in total. The van der Waals surface area contributed by atoms with Crippen LogP contribution < -0.4 is 5.32 Å². The van der Waals surface area contributed by atoms with E-state index in [0.29, 0.717) is 18.7 Å². The highest BCUT2D eigenvalue weighted by molar-refractivity contribution is 5.89. The van der Waals surface area contributed by atoms with Gasteiger partial charge in [0.25, 0.3) is 0 Å². The van der Waals surface area contributed by atoms with Crippen molar-refractivity contribution in [2.45, 2.75) is 6.61 Å². The summed E-state index contributed by atoms with van der Waals surface area (Å²) < 4.78 is 5.19. The maximum absolute atomic E-state index is 11.6. The quantitative estimate of drug-likeness (QED) is 0.781. The van der Waals surface area contributed by atoms with Gasteiger partial charge in [-0.3, -0.25) is 0 Å². The lowest BCUT2D eigenvalue weighted by Gasteiger charge is -2.10. The van der Waals surface area contributed by atoms with Crippen LogP contribution in [-0.4, -0.2) is 12.5 Å². The molecule has 0 saturated carbocycles. The number of benzene rings is 1. The second kappa shape index (κ2) is 5.16. The molecule has 0 radical (unpaired) electrons. The third-order valence-electron chi connectivity index (χ3n) is 2.28. The molecule has 0 aliphatic carbocycles. The fourth-order valence-corrected chi connectivity index (χ4v) is 1.42. The monoisotopic (exact) mass is 215 g/mol. The molecule has 1 aromatic rings. The van der Waals surface area contributed by atoms with Crippen molar-refractivity contribution >= 4 is 5.97 Å². The van der Waals surface area contributed by atoms with Crippen LogP contribution in [0.15, 0.2) is 54.3 Å². The molecule has 82 valence electrons. The largest absolute Gasteiger partial charge is 0.457 e. The minimum absolute atomic E-state index is 0.263. The van der Waals surface area contributed by atoms with Gasteiger partial charge in [-0.1, -0.05) is 30.3 Å². The summed E-state index contributed by atoms with van der Waals surface area (Å²) in [6.07, 6.45) is 5.36. The zero-order valence-corrected chi connectivity index (χ0v) is 8.85. The average molecular weight is 215 g/mol. The SMILES string of the molecule is O=C(OCc1ccccc1)C1=CC=CNC1. The zero-order chi connectivity index (χ0) is 11.2. The smallest absolute Gasteiger partial charge is 0.336 e. The number of dihydropyridines is 1. The number of carbonyl (C=O) groups excluding carboxylic acids is 1. The Kier molecular flexibility index (Phi) is 3.38. The molecule has 0 amide bonds. The molecular formula is C13H13NO2. The summed E-state index contributed by atoms with van der Waals surface area (Å²) >= 11 is 0. The van der Waals surface area contributed by atoms with Gasteiger partial charge in [-0.25, -0.2) is 4.79 Å². The lowest BCUT2D eigenvalue weighted by molar-refractivity contribution is -0.140. The van der Waals surface area contributed by atoms with Crippen molar-refractivity contribution in [3.8, 4) is 0 Å².